The lowest BCUT2D eigenvalue weighted by molar-refractivity contribution is -0.118. The molecule has 1 rings (SSSR count). The van der Waals surface area contributed by atoms with Gasteiger partial charge in [-0.2, -0.15) is 0 Å². The zero-order valence-corrected chi connectivity index (χ0v) is 11.3. The van der Waals surface area contributed by atoms with Crippen LogP contribution in [0.25, 0.3) is 0 Å². The van der Waals surface area contributed by atoms with Gasteiger partial charge in [-0.25, -0.2) is 0 Å². The van der Waals surface area contributed by atoms with Crippen LogP contribution in [-0.2, 0) is 16.0 Å². The molecule has 100 valence electrons. The molecule has 4 heteroatoms. The lowest BCUT2D eigenvalue weighted by atomic mass is 10.0. The van der Waals surface area contributed by atoms with Crippen molar-refractivity contribution in [1.82, 2.24) is 0 Å². The molecule has 0 saturated carbocycles. The zero-order chi connectivity index (χ0) is 13.5. The molecule has 0 aliphatic heterocycles. The molecule has 0 aromatic heterocycles. The molecule has 0 radical (unpaired) electrons. The van der Waals surface area contributed by atoms with E-state index >= 15 is 0 Å². The Labute approximate surface area is 109 Å². The molecular weight excluding hydrogens is 228 g/mol. The summed E-state index contributed by atoms with van der Waals surface area (Å²) in [5.74, 6) is -0.0222. The van der Waals surface area contributed by atoms with Gasteiger partial charge in [0.25, 0.3) is 0 Å². The standard InChI is InChI=1S/C14H22N2O2/c1-10(2)13(15)14(17)16-12-7-5-4-6-11(12)8-9-18-3/h4-7,10,13H,8-9,15H2,1-3H3,(H,16,17). The molecule has 0 spiro atoms. The van der Waals surface area contributed by atoms with E-state index in [0.29, 0.717) is 6.61 Å². The van der Waals surface area contributed by atoms with E-state index in [-0.39, 0.29) is 11.8 Å². The summed E-state index contributed by atoms with van der Waals surface area (Å²) in [6, 6.07) is 7.22. The van der Waals surface area contributed by atoms with Crippen LogP contribution in [0.1, 0.15) is 19.4 Å². The van der Waals surface area contributed by atoms with Gasteiger partial charge < -0.3 is 15.8 Å². The third kappa shape index (κ3) is 4.13. The minimum Gasteiger partial charge on any atom is -0.384 e. The zero-order valence-electron chi connectivity index (χ0n) is 11.3. The van der Waals surface area contributed by atoms with Crippen molar-refractivity contribution in [2.45, 2.75) is 26.3 Å². The summed E-state index contributed by atoms with van der Waals surface area (Å²) in [6.45, 7) is 4.49. The van der Waals surface area contributed by atoms with Crippen LogP contribution in [0.15, 0.2) is 24.3 Å². The fourth-order valence-corrected chi connectivity index (χ4v) is 1.59. The molecule has 18 heavy (non-hydrogen) atoms. The third-order valence-corrected chi connectivity index (χ3v) is 2.87. The first-order chi connectivity index (χ1) is 8.56. The van der Waals surface area contributed by atoms with Gasteiger partial charge in [0.1, 0.15) is 0 Å². The van der Waals surface area contributed by atoms with Gasteiger partial charge in [0.05, 0.1) is 12.6 Å². The van der Waals surface area contributed by atoms with Gasteiger partial charge in [-0.15, -0.1) is 0 Å². The second-order valence-corrected chi connectivity index (χ2v) is 4.66. The Kier molecular flexibility index (Phi) is 5.82. The third-order valence-electron chi connectivity index (χ3n) is 2.87. The number of nitrogens with one attached hydrogen (secondary N) is 1. The van der Waals surface area contributed by atoms with E-state index in [0.717, 1.165) is 17.7 Å². The first-order valence-electron chi connectivity index (χ1n) is 6.19. The van der Waals surface area contributed by atoms with E-state index in [1.807, 2.05) is 38.1 Å². The van der Waals surface area contributed by atoms with E-state index < -0.39 is 6.04 Å². The van der Waals surface area contributed by atoms with Crippen LogP contribution in [0.5, 0.6) is 0 Å². The summed E-state index contributed by atoms with van der Waals surface area (Å²) in [7, 11) is 1.66. The summed E-state index contributed by atoms with van der Waals surface area (Å²) in [4.78, 5) is 11.9. The molecule has 1 unspecified atom stereocenters. The average Bonchev–Trinajstić information content (AvgIpc) is 2.36. The summed E-state index contributed by atoms with van der Waals surface area (Å²) in [5, 5.41) is 2.88. The van der Waals surface area contributed by atoms with Gasteiger partial charge in [0.2, 0.25) is 5.91 Å². The van der Waals surface area contributed by atoms with Gasteiger partial charge in [-0.3, -0.25) is 4.79 Å². The number of hydrogen-bond donors (Lipinski definition) is 2. The first-order valence-corrected chi connectivity index (χ1v) is 6.19. The second-order valence-electron chi connectivity index (χ2n) is 4.66. The molecule has 3 N–H and O–H groups in total. The molecule has 1 amide bonds. The highest BCUT2D eigenvalue weighted by Gasteiger charge is 2.17. The van der Waals surface area contributed by atoms with Crippen molar-refractivity contribution in [3.8, 4) is 0 Å². The second kappa shape index (κ2) is 7.13. The SMILES string of the molecule is COCCc1ccccc1NC(=O)C(N)C(C)C. The first kappa shape index (κ1) is 14.7. The molecule has 1 atom stereocenters. The number of amides is 1. The van der Waals surface area contributed by atoms with Crippen LogP contribution in [0.3, 0.4) is 0 Å². The predicted octanol–water partition coefficient (Wildman–Crippen LogP) is 1.80. The summed E-state index contributed by atoms with van der Waals surface area (Å²) in [6.07, 6.45) is 0.768. The largest absolute Gasteiger partial charge is 0.384 e. The van der Waals surface area contributed by atoms with E-state index in [1.54, 1.807) is 7.11 Å². The maximum Gasteiger partial charge on any atom is 0.241 e. The Morgan fingerprint density at radius 2 is 2.06 bits per heavy atom. The number of ether oxygens (including phenoxy) is 1. The Morgan fingerprint density at radius 3 is 2.67 bits per heavy atom. The normalized spacial score (nSPS) is 12.5. The number of hydrogen-bond acceptors (Lipinski definition) is 3. The van der Waals surface area contributed by atoms with Gasteiger partial charge in [-0.05, 0) is 24.0 Å². The topological polar surface area (TPSA) is 64.3 Å². The minimum atomic E-state index is -0.486. The maximum absolute atomic E-state index is 11.9. The molecule has 0 aliphatic carbocycles. The van der Waals surface area contributed by atoms with Crippen molar-refractivity contribution < 1.29 is 9.53 Å². The molecule has 0 saturated heterocycles. The Balaban J connectivity index is 2.74. The van der Waals surface area contributed by atoms with Crippen LogP contribution in [0, 0.1) is 5.92 Å². The summed E-state index contributed by atoms with van der Waals surface area (Å²) in [5.41, 5.74) is 7.70. The van der Waals surface area contributed by atoms with Gasteiger partial charge in [0, 0.05) is 12.8 Å². The van der Waals surface area contributed by atoms with Gasteiger partial charge in [-0.1, -0.05) is 32.0 Å². The highest BCUT2D eigenvalue weighted by Crippen LogP contribution is 2.16. The molecule has 0 heterocycles. The van der Waals surface area contributed by atoms with E-state index in [4.69, 9.17) is 10.5 Å². The summed E-state index contributed by atoms with van der Waals surface area (Å²) < 4.78 is 5.05. The van der Waals surface area contributed by atoms with Crippen molar-refractivity contribution in [2.24, 2.45) is 11.7 Å². The number of carbonyl (C=O) groups is 1. The van der Waals surface area contributed by atoms with E-state index in [1.165, 1.54) is 0 Å². The van der Waals surface area contributed by atoms with Crippen LogP contribution < -0.4 is 11.1 Å². The lowest BCUT2D eigenvalue weighted by Crippen LogP contribution is -2.39. The van der Waals surface area contributed by atoms with Gasteiger partial charge >= 0.3 is 0 Å². The van der Waals surface area contributed by atoms with Crippen molar-refractivity contribution in [1.29, 1.82) is 0 Å². The Morgan fingerprint density at radius 1 is 1.39 bits per heavy atom. The average molecular weight is 250 g/mol. The number of benzene rings is 1. The number of methoxy groups -OCH3 is 1. The van der Waals surface area contributed by atoms with Crippen LogP contribution in [0.4, 0.5) is 5.69 Å². The van der Waals surface area contributed by atoms with Crippen molar-refractivity contribution >= 4 is 11.6 Å². The quantitative estimate of drug-likeness (QED) is 0.809. The fraction of sp³-hybridized carbons (Fsp3) is 0.500. The highest BCUT2D eigenvalue weighted by molar-refractivity contribution is 5.95. The van der Waals surface area contributed by atoms with Crippen molar-refractivity contribution in [2.75, 3.05) is 19.0 Å². The van der Waals surface area contributed by atoms with Crippen molar-refractivity contribution in [3.05, 3.63) is 29.8 Å². The predicted molar refractivity (Wildman–Crippen MR) is 73.5 cm³/mol. The summed E-state index contributed by atoms with van der Waals surface area (Å²) >= 11 is 0. The maximum atomic E-state index is 11.9. The molecule has 0 aliphatic rings. The van der Waals surface area contributed by atoms with Crippen molar-refractivity contribution in [3.63, 3.8) is 0 Å². The van der Waals surface area contributed by atoms with E-state index in [9.17, 15) is 4.79 Å². The Bertz CT molecular complexity index is 391. The van der Waals surface area contributed by atoms with Crippen LogP contribution in [-0.4, -0.2) is 25.7 Å². The molecule has 4 nitrogen and oxygen atoms in total. The fourth-order valence-electron chi connectivity index (χ4n) is 1.59. The number of rotatable bonds is 6. The van der Waals surface area contributed by atoms with E-state index in [2.05, 4.69) is 5.32 Å². The smallest absolute Gasteiger partial charge is 0.241 e. The van der Waals surface area contributed by atoms with Crippen LogP contribution >= 0.6 is 0 Å². The molecule has 0 bridgehead atoms. The molecule has 1 aromatic rings. The molecule has 0 fully saturated rings. The van der Waals surface area contributed by atoms with Gasteiger partial charge in [0.15, 0.2) is 0 Å². The highest BCUT2D eigenvalue weighted by atomic mass is 16.5. The number of carbonyl (C=O) groups excluding carboxylic acids is 1. The Hall–Kier alpha value is -1.39. The monoisotopic (exact) mass is 250 g/mol. The van der Waals surface area contributed by atoms with Crippen LogP contribution in [0.2, 0.25) is 0 Å². The number of anilines is 1. The lowest BCUT2D eigenvalue weighted by Gasteiger charge is -2.17. The number of nitrogens with two attached hydrogens (primary N) is 1. The minimum absolute atomic E-state index is 0.121. The number of para-hydroxylation sites is 1. The molecular formula is C14H22N2O2. The molecule has 1 aromatic carbocycles.